The minimum absolute atomic E-state index is 0.0829. The molecule has 8 heteroatoms. The predicted octanol–water partition coefficient (Wildman–Crippen LogP) is -0.0794. The van der Waals surface area contributed by atoms with Crippen LogP contribution in [0.1, 0.15) is 20.3 Å². The van der Waals surface area contributed by atoms with Crippen LogP contribution < -0.4 is 0 Å². The maximum Gasteiger partial charge on any atom is 0.355 e. The lowest BCUT2D eigenvalue weighted by molar-refractivity contribution is 0.0380. The van der Waals surface area contributed by atoms with E-state index in [0.717, 1.165) is 11.3 Å². The minimum atomic E-state index is -1.17. The molecule has 1 heterocycles. The SMILES string of the molecule is COCC(O)CN(C)C(=O)c1nc(C(=O)O)cs1. The number of carboxylic acids is 1. The van der Waals surface area contributed by atoms with Gasteiger partial charge in [0.25, 0.3) is 5.91 Å². The fourth-order valence-corrected chi connectivity index (χ4v) is 2.06. The van der Waals surface area contributed by atoms with Crippen molar-refractivity contribution in [2.75, 3.05) is 27.3 Å². The van der Waals surface area contributed by atoms with Gasteiger partial charge in [0, 0.05) is 26.1 Å². The Morgan fingerprint density at radius 2 is 2.28 bits per heavy atom. The van der Waals surface area contributed by atoms with Crippen LogP contribution in [0.4, 0.5) is 0 Å². The maximum absolute atomic E-state index is 11.8. The van der Waals surface area contributed by atoms with Crippen molar-refractivity contribution in [2.24, 2.45) is 0 Å². The molecular weight excluding hydrogens is 260 g/mol. The second kappa shape index (κ2) is 6.43. The Morgan fingerprint density at radius 3 is 2.78 bits per heavy atom. The summed E-state index contributed by atoms with van der Waals surface area (Å²) in [6.07, 6.45) is -0.789. The molecule has 0 bridgehead atoms. The average molecular weight is 274 g/mol. The molecule has 0 aliphatic rings. The molecule has 1 rings (SSSR count). The molecule has 1 aromatic rings. The van der Waals surface area contributed by atoms with Gasteiger partial charge in [0.15, 0.2) is 10.7 Å². The number of rotatable bonds is 6. The smallest absolute Gasteiger partial charge is 0.355 e. The molecule has 2 N–H and O–H groups in total. The molecule has 1 unspecified atom stereocenters. The number of methoxy groups -OCH3 is 1. The van der Waals surface area contributed by atoms with Crippen LogP contribution in [0.2, 0.25) is 0 Å². The summed E-state index contributed by atoms with van der Waals surface area (Å²) in [6, 6.07) is 0. The summed E-state index contributed by atoms with van der Waals surface area (Å²) >= 11 is 0.959. The molecule has 0 radical (unpaired) electrons. The monoisotopic (exact) mass is 274 g/mol. The number of aliphatic hydroxyl groups excluding tert-OH is 1. The molecule has 7 nitrogen and oxygen atoms in total. The van der Waals surface area contributed by atoms with Gasteiger partial charge in [-0.1, -0.05) is 0 Å². The van der Waals surface area contributed by atoms with E-state index in [1.54, 1.807) is 0 Å². The Labute approximate surface area is 108 Å². The highest BCUT2D eigenvalue weighted by Crippen LogP contribution is 2.12. The van der Waals surface area contributed by atoms with Crippen molar-refractivity contribution in [3.05, 3.63) is 16.1 Å². The number of nitrogens with zero attached hydrogens (tertiary/aromatic N) is 2. The van der Waals surface area contributed by atoms with E-state index in [-0.39, 0.29) is 23.9 Å². The summed E-state index contributed by atoms with van der Waals surface area (Å²) in [5.74, 6) is -1.60. The number of aromatic nitrogens is 1. The van der Waals surface area contributed by atoms with Gasteiger partial charge in [-0.05, 0) is 0 Å². The van der Waals surface area contributed by atoms with Crippen molar-refractivity contribution in [3.8, 4) is 0 Å². The lowest BCUT2D eigenvalue weighted by atomic mass is 10.3. The second-order valence-corrected chi connectivity index (χ2v) is 4.50. The molecule has 0 saturated carbocycles. The Kier molecular flexibility index (Phi) is 5.20. The van der Waals surface area contributed by atoms with Crippen molar-refractivity contribution in [2.45, 2.75) is 6.10 Å². The summed E-state index contributed by atoms with van der Waals surface area (Å²) in [5, 5.41) is 19.6. The molecule has 1 amide bonds. The van der Waals surface area contributed by atoms with Crippen molar-refractivity contribution >= 4 is 23.2 Å². The highest BCUT2D eigenvalue weighted by molar-refractivity contribution is 7.11. The first-order valence-electron chi connectivity index (χ1n) is 5.07. The van der Waals surface area contributed by atoms with Crippen molar-refractivity contribution in [3.63, 3.8) is 0 Å². The zero-order valence-corrected chi connectivity index (χ0v) is 10.8. The summed E-state index contributed by atoms with van der Waals surface area (Å²) in [5.41, 5.74) is -0.158. The van der Waals surface area contributed by atoms with Crippen LogP contribution in [0.3, 0.4) is 0 Å². The average Bonchev–Trinajstić information content (AvgIpc) is 2.77. The van der Waals surface area contributed by atoms with Gasteiger partial charge in [0.05, 0.1) is 12.7 Å². The Bertz CT molecular complexity index is 434. The molecule has 0 spiro atoms. The Morgan fingerprint density at radius 1 is 1.61 bits per heavy atom. The van der Waals surface area contributed by atoms with E-state index >= 15 is 0 Å². The fraction of sp³-hybridized carbons (Fsp3) is 0.500. The van der Waals surface area contributed by atoms with E-state index in [0.29, 0.717) is 0 Å². The number of amides is 1. The van der Waals surface area contributed by atoms with E-state index in [2.05, 4.69) is 4.98 Å². The molecule has 18 heavy (non-hydrogen) atoms. The van der Waals surface area contributed by atoms with Crippen LogP contribution >= 0.6 is 11.3 Å². The van der Waals surface area contributed by atoms with Crippen molar-refractivity contribution in [1.82, 2.24) is 9.88 Å². The van der Waals surface area contributed by atoms with Gasteiger partial charge in [-0.25, -0.2) is 9.78 Å². The van der Waals surface area contributed by atoms with E-state index in [1.165, 1.54) is 24.4 Å². The van der Waals surface area contributed by atoms with Gasteiger partial charge in [-0.3, -0.25) is 4.79 Å². The summed E-state index contributed by atoms with van der Waals surface area (Å²) in [4.78, 5) is 27.5. The van der Waals surface area contributed by atoms with E-state index in [9.17, 15) is 14.7 Å². The zero-order valence-electron chi connectivity index (χ0n) is 9.99. The number of aliphatic hydroxyl groups is 1. The lowest BCUT2D eigenvalue weighted by Crippen LogP contribution is -2.36. The van der Waals surface area contributed by atoms with Gasteiger partial charge in [-0.15, -0.1) is 11.3 Å². The molecular formula is C10H14N2O5S. The number of ether oxygens (including phenoxy) is 1. The number of aromatic carboxylic acids is 1. The highest BCUT2D eigenvalue weighted by atomic mass is 32.1. The van der Waals surface area contributed by atoms with Crippen LogP contribution in [0.5, 0.6) is 0 Å². The van der Waals surface area contributed by atoms with E-state index < -0.39 is 18.0 Å². The quantitative estimate of drug-likeness (QED) is 0.752. The summed E-state index contributed by atoms with van der Waals surface area (Å²) in [7, 11) is 2.95. The number of hydrogen-bond donors (Lipinski definition) is 2. The van der Waals surface area contributed by atoms with Crippen LogP contribution in [0.15, 0.2) is 5.38 Å². The third-order valence-corrected chi connectivity index (χ3v) is 2.93. The molecule has 0 saturated heterocycles. The first-order chi connectivity index (χ1) is 8.45. The third kappa shape index (κ3) is 3.76. The van der Waals surface area contributed by atoms with Gasteiger partial charge in [-0.2, -0.15) is 0 Å². The largest absolute Gasteiger partial charge is 0.476 e. The van der Waals surface area contributed by atoms with Crippen LogP contribution in [-0.2, 0) is 4.74 Å². The molecule has 100 valence electrons. The molecule has 1 atom stereocenters. The normalized spacial score (nSPS) is 12.2. The molecule has 0 aliphatic heterocycles. The zero-order chi connectivity index (χ0) is 13.7. The van der Waals surface area contributed by atoms with Crippen molar-refractivity contribution < 1.29 is 24.5 Å². The summed E-state index contributed by atoms with van der Waals surface area (Å²) in [6.45, 7) is 0.213. The van der Waals surface area contributed by atoms with Gasteiger partial charge in [0.2, 0.25) is 0 Å². The topological polar surface area (TPSA) is 100.0 Å². The third-order valence-electron chi connectivity index (χ3n) is 2.10. The first-order valence-corrected chi connectivity index (χ1v) is 5.95. The van der Waals surface area contributed by atoms with Gasteiger partial charge < -0.3 is 19.8 Å². The summed E-state index contributed by atoms with van der Waals surface area (Å²) < 4.78 is 4.75. The highest BCUT2D eigenvalue weighted by Gasteiger charge is 2.20. The number of thiazole rings is 1. The van der Waals surface area contributed by atoms with E-state index in [4.69, 9.17) is 9.84 Å². The molecule has 0 fully saturated rings. The molecule has 0 aliphatic carbocycles. The molecule has 1 aromatic heterocycles. The van der Waals surface area contributed by atoms with Crippen LogP contribution in [-0.4, -0.2) is 65.4 Å². The van der Waals surface area contributed by atoms with Gasteiger partial charge >= 0.3 is 5.97 Å². The lowest BCUT2D eigenvalue weighted by Gasteiger charge is -2.19. The Hall–Kier alpha value is -1.51. The van der Waals surface area contributed by atoms with Crippen molar-refractivity contribution in [1.29, 1.82) is 0 Å². The minimum Gasteiger partial charge on any atom is -0.476 e. The fourth-order valence-electron chi connectivity index (χ4n) is 1.28. The van der Waals surface area contributed by atoms with Crippen LogP contribution in [0.25, 0.3) is 0 Å². The number of hydrogen-bond acceptors (Lipinski definition) is 6. The number of likely N-dealkylation sites (N-methyl/N-ethyl adjacent to an activating group) is 1. The second-order valence-electron chi connectivity index (χ2n) is 3.64. The number of carboxylic acid groups (broad SMARTS) is 1. The number of carbonyl (C=O) groups is 2. The molecule has 0 aromatic carbocycles. The maximum atomic E-state index is 11.8. The van der Waals surface area contributed by atoms with Gasteiger partial charge in [0.1, 0.15) is 0 Å². The Balaban J connectivity index is 2.65. The van der Waals surface area contributed by atoms with E-state index in [1.807, 2.05) is 0 Å². The number of carbonyl (C=O) groups excluding carboxylic acids is 1. The standard InChI is InChI=1S/C10H14N2O5S/c1-12(3-6(13)4-17-2)9(14)8-11-7(5-18-8)10(15)16/h5-6,13H,3-4H2,1-2H3,(H,15,16). The first kappa shape index (κ1) is 14.6. The predicted molar refractivity (Wildman–Crippen MR) is 63.9 cm³/mol. The van der Waals surface area contributed by atoms with Crippen LogP contribution in [0, 0.1) is 0 Å².